The molecule has 6 nitrogen and oxygen atoms in total. The number of rotatable bonds is 4. The Bertz CT molecular complexity index is 1200. The van der Waals surface area contributed by atoms with E-state index in [1.54, 1.807) is 12.1 Å². The molecule has 31 heavy (non-hydrogen) atoms. The van der Waals surface area contributed by atoms with Gasteiger partial charge >= 0.3 is 6.18 Å². The Kier molecular flexibility index (Phi) is 5.65. The Balaban J connectivity index is 1.50. The van der Waals surface area contributed by atoms with Gasteiger partial charge in [0.1, 0.15) is 0 Å². The van der Waals surface area contributed by atoms with Crippen LogP contribution in [0.25, 0.3) is 0 Å². The van der Waals surface area contributed by atoms with Gasteiger partial charge in [-0.05, 0) is 60.7 Å². The van der Waals surface area contributed by atoms with Gasteiger partial charge in [0, 0.05) is 26.2 Å². The van der Waals surface area contributed by atoms with Gasteiger partial charge in [0.2, 0.25) is 20.0 Å². The van der Waals surface area contributed by atoms with Crippen LogP contribution in [0.15, 0.2) is 52.3 Å². The summed E-state index contributed by atoms with van der Waals surface area (Å²) in [6.07, 6.45) is -1.90. The number of nitrogens with zero attached hydrogens (tertiary/aromatic N) is 2. The Hall–Kier alpha value is -1.95. The number of hydrogen-bond acceptors (Lipinski definition) is 4. The average molecular weight is 475 g/mol. The molecule has 2 aliphatic rings. The third kappa shape index (κ3) is 4.23. The van der Waals surface area contributed by atoms with Gasteiger partial charge in [-0.3, -0.25) is 0 Å². The maximum absolute atomic E-state index is 13.0. The third-order valence-electron chi connectivity index (χ3n) is 5.70. The lowest BCUT2D eigenvalue weighted by Crippen LogP contribution is -2.50. The van der Waals surface area contributed by atoms with Crippen LogP contribution in [0.3, 0.4) is 0 Å². The lowest BCUT2D eigenvalue weighted by molar-refractivity contribution is -0.137. The number of aryl methyl sites for hydroxylation is 2. The zero-order chi connectivity index (χ0) is 22.4. The quantitative estimate of drug-likeness (QED) is 0.683. The predicted octanol–water partition coefficient (Wildman–Crippen LogP) is 2.89. The Morgan fingerprint density at radius 1 is 0.710 bits per heavy atom. The fraction of sp³-hybridized carbons (Fsp3) is 0.400. The van der Waals surface area contributed by atoms with Gasteiger partial charge in [-0.1, -0.05) is 12.1 Å². The molecule has 0 unspecified atom stereocenters. The van der Waals surface area contributed by atoms with Crippen molar-refractivity contribution in [2.24, 2.45) is 0 Å². The van der Waals surface area contributed by atoms with Crippen LogP contribution >= 0.6 is 0 Å². The molecule has 2 aromatic rings. The zero-order valence-electron chi connectivity index (χ0n) is 16.5. The molecule has 0 N–H and O–H groups in total. The second-order valence-corrected chi connectivity index (χ2v) is 11.5. The molecule has 1 fully saturated rings. The molecule has 1 saturated heterocycles. The Labute approximate surface area is 179 Å². The van der Waals surface area contributed by atoms with E-state index in [4.69, 9.17) is 0 Å². The largest absolute Gasteiger partial charge is 0.416 e. The molecular weight excluding hydrogens is 453 g/mol. The van der Waals surface area contributed by atoms with Crippen LogP contribution in [0.5, 0.6) is 0 Å². The second-order valence-electron chi connectivity index (χ2n) is 7.62. The van der Waals surface area contributed by atoms with E-state index in [0.717, 1.165) is 52.9 Å². The summed E-state index contributed by atoms with van der Waals surface area (Å²) in [5.41, 5.74) is 1.12. The third-order valence-corrected chi connectivity index (χ3v) is 9.49. The summed E-state index contributed by atoms with van der Waals surface area (Å²) in [5, 5.41) is 0. The molecule has 0 atom stereocenters. The highest BCUT2D eigenvalue weighted by Crippen LogP contribution is 2.32. The van der Waals surface area contributed by atoms with Crippen LogP contribution in [-0.4, -0.2) is 51.6 Å². The van der Waals surface area contributed by atoms with Crippen molar-refractivity contribution >= 4 is 20.0 Å². The summed E-state index contributed by atoms with van der Waals surface area (Å²) in [4.78, 5) is -0.278. The molecule has 0 amide bonds. The maximum Gasteiger partial charge on any atom is 0.416 e. The van der Waals surface area contributed by atoms with E-state index >= 15 is 0 Å². The van der Waals surface area contributed by atoms with Crippen molar-refractivity contribution in [3.8, 4) is 0 Å². The maximum atomic E-state index is 13.0. The van der Waals surface area contributed by atoms with Crippen molar-refractivity contribution in [1.82, 2.24) is 8.61 Å². The normalized spacial score (nSPS) is 18.8. The van der Waals surface area contributed by atoms with Gasteiger partial charge in [-0.25, -0.2) is 16.8 Å². The first-order chi connectivity index (χ1) is 14.5. The van der Waals surface area contributed by atoms with E-state index in [0.29, 0.717) is 6.07 Å². The highest BCUT2D eigenvalue weighted by atomic mass is 32.2. The fourth-order valence-corrected chi connectivity index (χ4v) is 6.93. The average Bonchev–Trinajstić information content (AvgIpc) is 3.21. The van der Waals surface area contributed by atoms with Crippen molar-refractivity contribution < 1.29 is 30.0 Å². The van der Waals surface area contributed by atoms with Crippen molar-refractivity contribution in [2.75, 3.05) is 26.2 Å². The SMILES string of the molecule is O=S(=O)(c1cccc(C(F)(F)F)c1)N1CCN(S(=O)(=O)c2ccc3c(c2)CCC3)CC1. The molecule has 11 heteroatoms. The van der Waals surface area contributed by atoms with Crippen molar-refractivity contribution in [2.45, 2.75) is 35.2 Å². The van der Waals surface area contributed by atoms with Crippen LogP contribution in [0.1, 0.15) is 23.1 Å². The van der Waals surface area contributed by atoms with Crippen LogP contribution in [0, 0.1) is 0 Å². The van der Waals surface area contributed by atoms with Crippen molar-refractivity contribution in [1.29, 1.82) is 0 Å². The Morgan fingerprint density at radius 2 is 1.26 bits per heavy atom. The molecule has 1 aliphatic carbocycles. The minimum absolute atomic E-state index is 0.0718. The molecular formula is C20H21F3N2O4S2. The first-order valence-electron chi connectivity index (χ1n) is 9.79. The molecule has 0 saturated carbocycles. The fourth-order valence-electron chi connectivity index (χ4n) is 3.99. The number of hydrogen-bond donors (Lipinski definition) is 0. The Morgan fingerprint density at radius 3 is 1.84 bits per heavy atom. The van der Waals surface area contributed by atoms with Gasteiger partial charge in [-0.2, -0.15) is 21.8 Å². The van der Waals surface area contributed by atoms with Crippen LogP contribution in [-0.2, 0) is 39.1 Å². The number of benzene rings is 2. The van der Waals surface area contributed by atoms with Gasteiger partial charge in [0.15, 0.2) is 0 Å². The lowest BCUT2D eigenvalue weighted by Gasteiger charge is -2.33. The number of sulfonamides is 2. The van der Waals surface area contributed by atoms with Gasteiger partial charge in [-0.15, -0.1) is 0 Å². The summed E-state index contributed by atoms with van der Waals surface area (Å²) in [6, 6.07) is 8.64. The molecule has 1 heterocycles. The molecule has 0 radical (unpaired) electrons. The van der Waals surface area contributed by atoms with Gasteiger partial charge in [0.25, 0.3) is 0 Å². The number of fused-ring (bicyclic) bond motifs is 1. The second kappa shape index (κ2) is 7.88. The van der Waals surface area contributed by atoms with E-state index in [1.165, 1.54) is 4.31 Å². The topological polar surface area (TPSA) is 74.8 Å². The van der Waals surface area contributed by atoms with E-state index in [9.17, 15) is 30.0 Å². The minimum atomic E-state index is -4.66. The van der Waals surface area contributed by atoms with E-state index < -0.39 is 36.7 Å². The smallest absolute Gasteiger partial charge is 0.207 e. The number of piperazine rings is 1. The van der Waals surface area contributed by atoms with Crippen molar-refractivity contribution in [3.63, 3.8) is 0 Å². The van der Waals surface area contributed by atoms with Crippen LogP contribution in [0.2, 0.25) is 0 Å². The summed E-state index contributed by atoms with van der Waals surface area (Å²) in [7, 11) is -7.95. The van der Waals surface area contributed by atoms with E-state index in [-0.39, 0.29) is 31.1 Å². The van der Waals surface area contributed by atoms with Gasteiger partial charge in [0.05, 0.1) is 15.4 Å². The number of halogens is 3. The van der Waals surface area contributed by atoms with Gasteiger partial charge < -0.3 is 0 Å². The monoisotopic (exact) mass is 474 g/mol. The highest BCUT2D eigenvalue weighted by molar-refractivity contribution is 7.89. The molecule has 0 aromatic heterocycles. The minimum Gasteiger partial charge on any atom is -0.207 e. The summed E-state index contributed by atoms with van der Waals surface area (Å²) in [6.45, 7) is -0.416. The van der Waals surface area contributed by atoms with Crippen LogP contribution < -0.4 is 0 Å². The standard InChI is InChI=1S/C20H21F3N2O4S2/c21-20(22,23)17-5-2-6-18(14-17)30(26,27)24-9-11-25(12-10-24)31(28,29)19-8-7-15-3-1-4-16(15)13-19/h2,5-8,13-14H,1,3-4,9-12H2. The number of alkyl halides is 3. The summed E-state index contributed by atoms with van der Waals surface area (Å²) >= 11 is 0. The van der Waals surface area contributed by atoms with Crippen molar-refractivity contribution in [3.05, 3.63) is 59.2 Å². The summed E-state index contributed by atoms with van der Waals surface area (Å²) < 4.78 is 92.7. The lowest BCUT2D eigenvalue weighted by atomic mass is 10.1. The van der Waals surface area contributed by atoms with Crippen LogP contribution in [0.4, 0.5) is 13.2 Å². The molecule has 4 rings (SSSR count). The first kappa shape index (κ1) is 22.3. The van der Waals surface area contributed by atoms with E-state index in [1.807, 2.05) is 6.07 Å². The van der Waals surface area contributed by atoms with E-state index in [2.05, 4.69) is 0 Å². The molecule has 0 bridgehead atoms. The highest BCUT2D eigenvalue weighted by Gasteiger charge is 2.36. The molecule has 0 spiro atoms. The molecule has 1 aliphatic heterocycles. The first-order valence-corrected chi connectivity index (χ1v) is 12.7. The molecule has 168 valence electrons. The summed E-state index contributed by atoms with van der Waals surface area (Å²) in [5.74, 6) is 0. The predicted molar refractivity (Wildman–Crippen MR) is 107 cm³/mol. The molecule has 2 aromatic carbocycles. The zero-order valence-corrected chi connectivity index (χ0v) is 18.1.